The van der Waals surface area contributed by atoms with Crippen LogP contribution in [-0.4, -0.2) is 53.9 Å². The smallest absolute Gasteiger partial charge is 0.373 e. The average molecular weight is 396 g/mol. The van der Waals surface area contributed by atoms with Crippen LogP contribution in [0.1, 0.15) is 61.8 Å². The molecule has 1 aromatic rings. The van der Waals surface area contributed by atoms with Gasteiger partial charge in [-0.3, -0.25) is 4.89 Å². The molecule has 8 heteroatoms. The van der Waals surface area contributed by atoms with Crippen LogP contribution in [-0.2, 0) is 24.0 Å². The van der Waals surface area contributed by atoms with E-state index in [9.17, 15) is 14.7 Å². The lowest BCUT2D eigenvalue weighted by atomic mass is 10.0. The first-order valence-corrected chi connectivity index (χ1v) is 9.15. The van der Waals surface area contributed by atoms with Crippen LogP contribution in [0.5, 0.6) is 0 Å². The number of hydrogen-bond acceptors (Lipinski definition) is 8. The van der Waals surface area contributed by atoms with Crippen molar-refractivity contribution in [2.75, 3.05) is 13.2 Å². The Morgan fingerprint density at radius 3 is 2.39 bits per heavy atom. The molecule has 1 aliphatic rings. The quantitative estimate of drug-likeness (QED) is 0.407. The van der Waals surface area contributed by atoms with E-state index in [0.29, 0.717) is 6.61 Å². The highest BCUT2D eigenvalue weighted by Crippen LogP contribution is 2.23. The van der Waals surface area contributed by atoms with E-state index in [0.717, 1.165) is 0 Å². The topological polar surface area (TPSA) is 101 Å². The van der Waals surface area contributed by atoms with Gasteiger partial charge in [-0.1, -0.05) is 12.1 Å². The van der Waals surface area contributed by atoms with Gasteiger partial charge in [-0.05, 0) is 46.8 Å². The van der Waals surface area contributed by atoms with Crippen molar-refractivity contribution in [1.82, 2.24) is 0 Å². The highest BCUT2D eigenvalue weighted by atomic mass is 17.2. The number of rotatable bonds is 8. The number of aliphatic hydroxyl groups excluding tert-OH is 1. The van der Waals surface area contributed by atoms with Crippen molar-refractivity contribution in [2.45, 2.75) is 64.6 Å². The molecule has 1 N–H and O–H groups in total. The van der Waals surface area contributed by atoms with Crippen LogP contribution in [0.4, 0.5) is 0 Å². The van der Waals surface area contributed by atoms with Gasteiger partial charge in [0.2, 0.25) is 0 Å². The lowest BCUT2D eigenvalue weighted by Gasteiger charge is -2.26. The zero-order valence-corrected chi connectivity index (χ0v) is 16.9. The summed E-state index contributed by atoms with van der Waals surface area (Å²) < 4.78 is 16.4. The van der Waals surface area contributed by atoms with Gasteiger partial charge < -0.3 is 19.3 Å². The third-order valence-electron chi connectivity index (χ3n) is 3.98. The minimum atomic E-state index is -0.897. The van der Waals surface area contributed by atoms with Crippen molar-refractivity contribution >= 4 is 11.9 Å². The summed E-state index contributed by atoms with van der Waals surface area (Å²) in [4.78, 5) is 34.7. The van der Waals surface area contributed by atoms with Crippen LogP contribution in [0, 0.1) is 0 Å². The Bertz CT molecular complexity index is 695. The van der Waals surface area contributed by atoms with Gasteiger partial charge in [0.25, 0.3) is 0 Å². The maximum Gasteiger partial charge on any atom is 0.373 e. The summed E-state index contributed by atoms with van der Waals surface area (Å²) in [6.07, 6.45) is -0.735. The van der Waals surface area contributed by atoms with Gasteiger partial charge in [0.1, 0.15) is 18.3 Å². The average Bonchev–Trinajstić information content (AvgIpc) is 2.92. The van der Waals surface area contributed by atoms with E-state index in [2.05, 4.69) is 0 Å². The van der Waals surface area contributed by atoms with E-state index in [1.165, 1.54) is 12.1 Å². The Kier molecular flexibility index (Phi) is 7.16. The lowest BCUT2D eigenvalue weighted by Crippen LogP contribution is -2.32. The third kappa shape index (κ3) is 6.56. The van der Waals surface area contributed by atoms with Gasteiger partial charge in [0.05, 0.1) is 23.8 Å². The molecule has 156 valence electrons. The molecule has 2 atom stereocenters. The van der Waals surface area contributed by atoms with Crippen molar-refractivity contribution < 1.29 is 38.7 Å². The summed E-state index contributed by atoms with van der Waals surface area (Å²) in [5.41, 5.74) is -0.827. The summed E-state index contributed by atoms with van der Waals surface area (Å²) >= 11 is 0. The number of carbonyl (C=O) groups excluding carboxylic acids is 2. The monoisotopic (exact) mass is 396 g/mol. The molecule has 8 nitrogen and oxygen atoms in total. The van der Waals surface area contributed by atoms with Crippen molar-refractivity contribution in [3.05, 3.63) is 35.4 Å². The van der Waals surface area contributed by atoms with Gasteiger partial charge >= 0.3 is 11.9 Å². The van der Waals surface area contributed by atoms with E-state index in [1.807, 2.05) is 0 Å². The van der Waals surface area contributed by atoms with Gasteiger partial charge in [-0.15, -0.1) is 0 Å². The molecule has 0 aromatic heterocycles. The van der Waals surface area contributed by atoms with Gasteiger partial charge in [-0.2, -0.15) is 4.89 Å². The molecule has 0 spiro atoms. The van der Waals surface area contributed by atoms with Crippen LogP contribution in [0.15, 0.2) is 24.3 Å². The largest absolute Gasteiger partial charge is 0.456 e. The van der Waals surface area contributed by atoms with Gasteiger partial charge in [-0.25, -0.2) is 9.59 Å². The van der Waals surface area contributed by atoms with E-state index in [4.69, 9.17) is 24.0 Å². The molecule has 1 fully saturated rings. The number of ether oxygens (including phenoxy) is 3. The maximum atomic E-state index is 12.5. The SMILES string of the molecule is CC(O)CC(C)(C)OC(=O)c1ccccc1C(=O)OOCC1COC(C)(C)O1. The van der Waals surface area contributed by atoms with E-state index >= 15 is 0 Å². The fourth-order valence-corrected chi connectivity index (χ4v) is 2.95. The first-order chi connectivity index (χ1) is 13.0. The zero-order valence-electron chi connectivity index (χ0n) is 16.9. The molecule has 28 heavy (non-hydrogen) atoms. The Balaban J connectivity index is 1.96. The fraction of sp³-hybridized carbons (Fsp3) is 0.600. The van der Waals surface area contributed by atoms with Crippen molar-refractivity contribution in [2.24, 2.45) is 0 Å². The molecule has 2 rings (SSSR count). The van der Waals surface area contributed by atoms with Crippen LogP contribution in [0.2, 0.25) is 0 Å². The molecular weight excluding hydrogens is 368 g/mol. The van der Waals surface area contributed by atoms with E-state index < -0.39 is 29.4 Å². The minimum Gasteiger partial charge on any atom is -0.456 e. The van der Waals surface area contributed by atoms with Crippen LogP contribution < -0.4 is 0 Å². The zero-order chi connectivity index (χ0) is 20.9. The summed E-state index contributed by atoms with van der Waals surface area (Å²) in [5, 5.41) is 9.53. The molecule has 0 saturated carbocycles. The Morgan fingerprint density at radius 1 is 1.25 bits per heavy atom. The summed E-state index contributed by atoms with van der Waals surface area (Å²) in [6.45, 7) is 8.87. The van der Waals surface area contributed by atoms with Crippen molar-refractivity contribution in [1.29, 1.82) is 0 Å². The molecule has 0 aliphatic carbocycles. The minimum absolute atomic E-state index is 0.00318. The maximum absolute atomic E-state index is 12.5. The normalized spacial score (nSPS) is 19.9. The van der Waals surface area contributed by atoms with Crippen molar-refractivity contribution in [3.63, 3.8) is 0 Å². The fourth-order valence-electron chi connectivity index (χ4n) is 2.95. The molecule has 0 bridgehead atoms. The predicted octanol–water partition coefficient (Wildman–Crippen LogP) is 2.63. The molecule has 0 radical (unpaired) electrons. The van der Waals surface area contributed by atoms with Crippen molar-refractivity contribution in [3.8, 4) is 0 Å². The molecule has 1 heterocycles. The lowest BCUT2D eigenvalue weighted by molar-refractivity contribution is -0.259. The van der Waals surface area contributed by atoms with Crippen LogP contribution in [0.25, 0.3) is 0 Å². The predicted molar refractivity (Wildman–Crippen MR) is 98.5 cm³/mol. The summed E-state index contributed by atoms with van der Waals surface area (Å²) in [6, 6.07) is 6.13. The number of carbonyl (C=O) groups is 2. The number of hydrogen-bond donors (Lipinski definition) is 1. The molecule has 1 aromatic carbocycles. The summed E-state index contributed by atoms with van der Waals surface area (Å²) in [7, 11) is 0. The Morgan fingerprint density at radius 2 is 1.86 bits per heavy atom. The van der Waals surface area contributed by atoms with Gasteiger partial charge in [0, 0.05) is 6.42 Å². The van der Waals surface area contributed by atoms with E-state index in [-0.39, 0.29) is 30.3 Å². The number of benzene rings is 1. The number of esters is 1. The van der Waals surface area contributed by atoms with Crippen LogP contribution >= 0.6 is 0 Å². The first kappa shape index (κ1) is 22.3. The summed E-state index contributed by atoms with van der Waals surface area (Å²) in [5.74, 6) is -2.21. The van der Waals surface area contributed by atoms with Crippen LogP contribution in [0.3, 0.4) is 0 Å². The highest BCUT2D eigenvalue weighted by Gasteiger charge is 2.33. The second-order valence-electron chi connectivity index (χ2n) is 7.85. The molecule has 2 unspecified atom stereocenters. The Hall–Kier alpha value is -2.00. The number of aliphatic hydroxyl groups is 1. The van der Waals surface area contributed by atoms with E-state index in [1.54, 1.807) is 46.8 Å². The molecule has 0 amide bonds. The first-order valence-electron chi connectivity index (χ1n) is 9.15. The highest BCUT2D eigenvalue weighted by molar-refractivity contribution is 6.03. The molecular formula is C20H28O8. The second-order valence-corrected chi connectivity index (χ2v) is 7.85. The molecule has 1 aliphatic heterocycles. The molecule has 1 saturated heterocycles. The third-order valence-corrected chi connectivity index (χ3v) is 3.98. The van der Waals surface area contributed by atoms with Gasteiger partial charge in [0.15, 0.2) is 5.79 Å². The second kappa shape index (κ2) is 9.00. The standard InChI is InChI=1S/C20H28O8/c1-13(21)10-19(2,3)27-17(22)15-8-6-7-9-16(15)18(23)28-25-12-14-11-24-20(4,5)26-14/h6-9,13-14,21H,10-12H2,1-5H3. The Labute approximate surface area is 164 Å².